The van der Waals surface area contributed by atoms with Gasteiger partial charge in [0, 0.05) is 18.8 Å². The first-order chi connectivity index (χ1) is 10.4. The summed E-state index contributed by atoms with van der Waals surface area (Å²) in [6.07, 6.45) is 4.61. The highest BCUT2D eigenvalue weighted by Gasteiger charge is 2.35. The van der Waals surface area contributed by atoms with Crippen LogP contribution in [-0.4, -0.2) is 22.6 Å². The molecule has 6 heteroatoms. The first-order valence-electron chi connectivity index (χ1n) is 7.31. The number of hydrogen-bond donors (Lipinski definition) is 0. The second-order valence-corrected chi connectivity index (χ2v) is 7.43. The van der Waals surface area contributed by atoms with Crippen molar-refractivity contribution in [3.63, 3.8) is 0 Å². The van der Waals surface area contributed by atoms with Crippen LogP contribution in [0.5, 0.6) is 5.88 Å². The van der Waals surface area contributed by atoms with Crippen molar-refractivity contribution in [1.82, 2.24) is 9.99 Å². The summed E-state index contributed by atoms with van der Waals surface area (Å²) in [6.45, 7) is 7.48. The second kappa shape index (κ2) is 5.83. The lowest BCUT2D eigenvalue weighted by molar-refractivity contribution is 0.171. The molecule has 1 unspecified atom stereocenters. The lowest BCUT2D eigenvalue weighted by Gasteiger charge is -2.30. The van der Waals surface area contributed by atoms with E-state index in [0.717, 1.165) is 28.9 Å². The molecule has 1 aromatic heterocycles. The van der Waals surface area contributed by atoms with Gasteiger partial charge in [0.25, 0.3) is 0 Å². The zero-order valence-electron chi connectivity index (χ0n) is 13.0. The van der Waals surface area contributed by atoms with Crippen LogP contribution in [0.3, 0.4) is 0 Å². The fraction of sp³-hybridized carbons (Fsp3) is 0.438. The van der Waals surface area contributed by atoms with E-state index < -0.39 is 0 Å². The molecule has 2 aliphatic rings. The van der Waals surface area contributed by atoms with Crippen molar-refractivity contribution < 1.29 is 4.74 Å². The van der Waals surface area contributed by atoms with E-state index in [2.05, 4.69) is 63.1 Å². The minimum Gasteiger partial charge on any atom is -0.438 e. The van der Waals surface area contributed by atoms with Crippen LogP contribution in [0, 0.1) is 5.41 Å². The summed E-state index contributed by atoms with van der Waals surface area (Å²) in [5.41, 5.74) is 1.10. The third-order valence-electron chi connectivity index (χ3n) is 3.40. The maximum atomic E-state index is 5.84. The summed E-state index contributed by atoms with van der Waals surface area (Å²) in [4.78, 5) is 4.19. The summed E-state index contributed by atoms with van der Waals surface area (Å²) in [5.74, 6) is 1.33. The molecule has 0 spiro atoms. The zero-order valence-corrected chi connectivity index (χ0v) is 14.5. The molecule has 0 radical (unpaired) electrons. The van der Waals surface area contributed by atoms with Crippen molar-refractivity contribution in [2.24, 2.45) is 15.8 Å². The molecule has 0 saturated heterocycles. The molecule has 3 rings (SSSR count). The molecule has 0 N–H and O–H groups in total. The number of hydrogen-bond acceptors (Lipinski definition) is 5. The van der Waals surface area contributed by atoms with Crippen molar-refractivity contribution in [3.8, 4) is 5.88 Å². The van der Waals surface area contributed by atoms with Gasteiger partial charge in [0.2, 0.25) is 5.88 Å². The van der Waals surface area contributed by atoms with Crippen molar-refractivity contribution in [2.75, 3.05) is 6.54 Å². The average Bonchev–Trinajstić information content (AvgIpc) is 2.85. The molecule has 5 nitrogen and oxygen atoms in total. The van der Waals surface area contributed by atoms with Crippen molar-refractivity contribution in [1.29, 1.82) is 0 Å². The van der Waals surface area contributed by atoms with Crippen molar-refractivity contribution >= 4 is 15.9 Å². The van der Waals surface area contributed by atoms with Crippen LogP contribution in [0.25, 0.3) is 0 Å². The molecule has 2 heterocycles. The first-order valence-corrected chi connectivity index (χ1v) is 8.11. The fourth-order valence-corrected chi connectivity index (χ4v) is 3.05. The lowest BCUT2D eigenvalue weighted by Crippen LogP contribution is -2.35. The fourth-order valence-electron chi connectivity index (χ4n) is 2.47. The Morgan fingerprint density at radius 3 is 2.86 bits per heavy atom. The maximum Gasteiger partial charge on any atom is 0.219 e. The van der Waals surface area contributed by atoms with Crippen LogP contribution >= 0.6 is 15.9 Å². The van der Waals surface area contributed by atoms with E-state index in [0.29, 0.717) is 5.88 Å². The van der Waals surface area contributed by atoms with Gasteiger partial charge in [-0.1, -0.05) is 32.1 Å². The first kappa shape index (κ1) is 15.2. The van der Waals surface area contributed by atoms with Crippen LogP contribution < -0.4 is 4.74 Å². The summed E-state index contributed by atoms with van der Waals surface area (Å²) < 4.78 is 6.69. The Morgan fingerprint density at radius 2 is 2.18 bits per heavy atom. The summed E-state index contributed by atoms with van der Waals surface area (Å²) in [6, 6.07) is 5.78. The number of fused-ring (bicyclic) bond motifs is 1. The highest BCUT2D eigenvalue weighted by atomic mass is 79.9. The van der Waals surface area contributed by atoms with Crippen LogP contribution in [-0.2, 0) is 0 Å². The van der Waals surface area contributed by atoms with Gasteiger partial charge in [-0.2, -0.15) is 0 Å². The molecule has 0 bridgehead atoms. The molecule has 1 atom stereocenters. The molecule has 116 valence electrons. The monoisotopic (exact) mass is 362 g/mol. The number of allylic oxidation sites excluding steroid dienone is 1. The third-order valence-corrected chi connectivity index (χ3v) is 4.20. The van der Waals surface area contributed by atoms with Gasteiger partial charge >= 0.3 is 0 Å². The molecule has 0 fully saturated rings. The van der Waals surface area contributed by atoms with Crippen molar-refractivity contribution in [3.05, 3.63) is 46.4 Å². The molecule has 1 aliphatic carbocycles. The van der Waals surface area contributed by atoms with E-state index >= 15 is 0 Å². The Bertz CT molecular complexity index is 646. The quantitative estimate of drug-likeness (QED) is 0.797. The van der Waals surface area contributed by atoms with Gasteiger partial charge in [0.1, 0.15) is 11.5 Å². The van der Waals surface area contributed by atoms with Gasteiger partial charge in [-0.05, 0) is 39.9 Å². The highest BCUT2D eigenvalue weighted by Crippen LogP contribution is 2.38. The van der Waals surface area contributed by atoms with Crippen LogP contribution in [0.2, 0.25) is 0 Å². The number of ether oxygens (including phenoxy) is 1. The van der Waals surface area contributed by atoms with E-state index in [1.165, 1.54) is 0 Å². The van der Waals surface area contributed by atoms with E-state index in [-0.39, 0.29) is 11.5 Å². The maximum absolute atomic E-state index is 5.84. The minimum absolute atomic E-state index is 0.176. The normalized spacial score (nSPS) is 21.0. The summed E-state index contributed by atoms with van der Waals surface area (Å²) >= 11 is 3.60. The molecule has 0 saturated carbocycles. The van der Waals surface area contributed by atoms with Crippen LogP contribution in [0.1, 0.15) is 27.2 Å². The Morgan fingerprint density at radius 1 is 1.36 bits per heavy atom. The van der Waals surface area contributed by atoms with E-state index in [9.17, 15) is 0 Å². The van der Waals surface area contributed by atoms with E-state index in [1.54, 1.807) is 6.20 Å². The average molecular weight is 363 g/mol. The number of halogens is 1. The molecule has 0 aromatic carbocycles. The standard InChI is InChI=1S/C16H19BrN4O/c1-16(2,3)10-21-11-7-8-12(14(17)15(11)19-20-21)22-13-6-4-5-9-18-13/h4-6,8-9,11H,7,10H2,1-3H3. The molecular weight excluding hydrogens is 344 g/mol. The van der Waals surface area contributed by atoms with Gasteiger partial charge in [0.05, 0.1) is 10.5 Å². The Kier molecular flexibility index (Phi) is 4.04. The molecule has 1 aromatic rings. The Hall–Kier alpha value is -1.69. The van der Waals surface area contributed by atoms with Crippen LogP contribution in [0.15, 0.2) is 56.7 Å². The van der Waals surface area contributed by atoms with Gasteiger partial charge < -0.3 is 4.74 Å². The van der Waals surface area contributed by atoms with Crippen LogP contribution in [0.4, 0.5) is 0 Å². The highest BCUT2D eigenvalue weighted by molar-refractivity contribution is 9.12. The second-order valence-electron chi connectivity index (χ2n) is 6.64. The number of pyridine rings is 1. The van der Waals surface area contributed by atoms with Gasteiger partial charge in [0.15, 0.2) is 0 Å². The van der Waals surface area contributed by atoms with Crippen molar-refractivity contribution in [2.45, 2.75) is 33.2 Å². The third kappa shape index (κ3) is 3.21. The number of aromatic nitrogens is 1. The summed E-state index contributed by atoms with van der Waals surface area (Å²) in [5, 5.41) is 10.7. The molecule has 0 amide bonds. The topological polar surface area (TPSA) is 50.1 Å². The number of rotatable bonds is 3. The minimum atomic E-state index is 0.176. The predicted octanol–water partition coefficient (Wildman–Crippen LogP) is 4.45. The number of nitrogens with zero attached hydrogens (tertiary/aromatic N) is 4. The molecule has 22 heavy (non-hydrogen) atoms. The van der Waals surface area contributed by atoms with E-state index in [1.807, 2.05) is 18.2 Å². The van der Waals surface area contributed by atoms with Gasteiger partial charge in [-0.3, -0.25) is 5.01 Å². The lowest BCUT2D eigenvalue weighted by atomic mass is 9.95. The SMILES string of the molecule is CC(C)(C)CN1N=NC2=C(Br)C(Oc3ccccn3)=CCC21. The van der Waals surface area contributed by atoms with E-state index in [4.69, 9.17) is 4.74 Å². The molecule has 1 aliphatic heterocycles. The van der Waals surface area contributed by atoms with Gasteiger partial charge in [-0.15, -0.1) is 5.11 Å². The zero-order chi connectivity index (χ0) is 15.7. The predicted molar refractivity (Wildman–Crippen MR) is 88.3 cm³/mol. The summed E-state index contributed by atoms with van der Waals surface area (Å²) in [7, 11) is 0. The Balaban J connectivity index is 1.77. The largest absolute Gasteiger partial charge is 0.438 e. The smallest absolute Gasteiger partial charge is 0.219 e. The Labute approximate surface area is 138 Å². The molecular formula is C16H19BrN4O. The van der Waals surface area contributed by atoms with Gasteiger partial charge in [-0.25, -0.2) is 4.98 Å².